The second-order valence-electron chi connectivity index (χ2n) is 4.57. The number of nitrogens with two attached hydrogens (primary N) is 1. The summed E-state index contributed by atoms with van der Waals surface area (Å²) in [5.74, 6) is -1.54. The molecule has 1 aromatic carbocycles. The van der Waals surface area contributed by atoms with E-state index in [2.05, 4.69) is 5.32 Å². The van der Waals surface area contributed by atoms with E-state index in [4.69, 9.17) is 5.73 Å². The number of carbonyl (C=O) groups is 3. The van der Waals surface area contributed by atoms with Crippen molar-refractivity contribution < 1.29 is 18.8 Å². The second-order valence-corrected chi connectivity index (χ2v) is 4.57. The lowest BCUT2D eigenvalue weighted by Gasteiger charge is -2.14. The van der Waals surface area contributed by atoms with Gasteiger partial charge in [-0.05, 0) is 31.0 Å². The maximum atomic E-state index is 12.7. The van der Waals surface area contributed by atoms with E-state index in [-0.39, 0.29) is 30.9 Å². The predicted molar refractivity (Wildman–Crippen MR) is 71.1 cm³/mol. The largest absolute Gasteiger partial charge is 0.368 e. The molecule has 0 heterocycles. The maximum Gasteiger partial charge on any atom is 0.240 e. The van der Waals surface area contributed by atoms with Gasteiger partial charge >= 0.3 is 0 Å². The van der Waals surface area contributed by atoms with Crippen molar-refractivity contribution in [2.75, 3.05) is 0 Å². The zero-order valence-corrected chi connectivity index (χ0v) is 11.2. The van der Waals surface area contributed by atoms with Crippen LogP contribution in [0, 0.1) is 5.82 Å². The summed E-state index contributed by atoms with van der Waals surface area (Å²) >= 11 is 0. The fraction of sp³-hybridized carbons (Fsp3) is 0.357. The summed E-state index contributed by atoms with van der Waals surface area (Å²) in [5.41, 5.74) is 5.79. The van der Waals surface area contributed by atoms with E-state index in [0.29, 0.717) is 5.56 Å². The van der Waals surface area contributed by atoms with Crippen molar-refractivity contribution >= 4 is 17.6 Å². The van der Waals surface area contributed by atoms with Crippen molar-refractivity contribution in [3.63, 3.8) is 0 Å². The Morgan fingerprint density at radius 1 is 1.25 bits per heavy atom. The Hall–Kier alpha value is -2.24. The number of carbonyl (C=O) groups excluding carboxylic acids is 3. The number of primary amides is 1. The number of amides is 2. The molecular weight excluding hydrogens is 263 g/mol. The Labute approximate surface area is 116 Å². The fourth-order valence-electron chi connectivity index (χ4n) is 1.67. The van der Waals surface area contributed by atoms with Crippen LogP contribution in [0.25, 0.3) is 0 Å². The third-order valence-electron chi connectivity index (χ3n) is 2.74. The standard InChI is InChI=1S/C14H17FN2O3/c1-9(18)2-7-12(14(16)20)17-13(19)8-10-3-5-11(15)6-4-10/h3-6,12H,2,7-8H2,1H3,(H2,16,20)(H,17,19)/t12-/m0/s1. The average Bonchev–Trinajstić information content (AvgIpc) is 2.36. The zero-order valence-electron chi connectivity index (χ0n) is 11.2. The van der Waals surface area contributed by atoms with Crippen molar-refractivity contribution in [3.8, 4) is 0 Å². The van der Waals surface area contributed by atoms with Gasteiger partial charge in [0.25, 0.3) is 0 Å². The van der Waals surface area contributed by atoms with Gasteiger partial charge in [0, 0.05) is 6.42 Å². The van der Waals surface area contributed by atoms with Crippen molar-refractivity contribution in [1.82, 2.24) is 5.32 Å². The first-order chi connectivity index (χ1) is 9.38. The second kappa shape index (κ2) is 7.37. The molecule has 20 heavy (non-hydrogen) atoms. The minimum atomic E-state index is -0.869. The minimum absolute atomic E-state index is 0.0180. The molecule has 1 atom stereocenters. The van der Waals surface area contributed by atoms with Crippen LogP contribution in [0.15, 0.2) is 24.3 Å². The maximum absolute atomic E-state index is 12.7. The summed E-state index contributed by atoms with van der Waals surface area (Å²) in [4.78, 5) is 33.8. The summed E-state index contributed by atoms with van der Waals surface area (Å²) in [6, 6.07) is 4.62. The van der Waals surface area contributed by atoms with Gasteiger partial charge in [-0.3, -0.25) is 9.59 Å². The Morgan fingerprint density at radius 3 is 2.35 bits per heavy atom. The van der Waals surface area contributed by atoms with Gasteiger partial charge in [-0.1, -0.05) is 12.1 Å². The molecule has 0 aromatic heterocycles. The Bertz CT molecular complexity index is 500. The number of nitrogens with one attached hydrogen (secondary N) is 1. The van der Waals surface area contributed by atoms with Gasteiger partial charge in [-0.25, -0.2) is 4.39 Å². The van der Waals surface area contributed by atoms with E-state index >= 15 is 0 Å². The molecule has 1 aromatic rings. The number of halogens is 1. The van der Waals surface area contributed by atoms with Gasteiger partial charge in [-0.2, -0.15) is 0 Å². The highest BCUT2D eigenvalue weighted by molar-refractivity contribution is 5.88. The molecular formula is C14H17FN2O3. The van der Waals surface area contributed by atoms with Crippen LogP contribution < -0.4 is 11.1 Å². The van der Waals surface area contributed by atoms with Crippen LogP contribution in [0.4, 0.5) is 4.39 Å². The molecule has 0 aliphatic heterocycles. The smallest absolute Gasteiger partial charge is 0.240 e. The topological polar surface area (TPSA) is 89.3 Å². The van der Waals surface area contributed by atoms with E-state index < -0.39 is 17.9 Å². The number of benzene rings is 1. The van der Waals surface area contributed by atoms with Crippen LogP contribution in [0.1, 0.15) is 25.3 Å². The van der Waals surface area contributed by atoms with Gasteiger partial charge < -0.3 is 15.8 Å². The van der Waals surface area contributed by atoms with E-state index in [1.807, 2.05) is 0 Å². The molecule has 0 aliphatic rings. The number of rotatable bonds is 7. The highest BCUT2D eigenvalue weighted by Crippen LogP contribution is 2.04. The summed E-state index contributed by atoms with van der Waals surface area (Å²) in [7, 11) is 0. The first-order valence-corrected chi connectivity index (χ1v) is 6.21. The van der Waals surface area contributed by atoms with Gasteiger partial charge in [0.1, 0.15) is 17.6 Å². The number of ketones is 1. The molecule has 0 aliphatic carbocycles. The summed E-state index contributed by atoms with van der Waals surface area (Å²) < 4.78 is 12.7. The lowest BCUT2D eigenvalue weighted by molar-refractivity contribution is -0.127. The monoisotopic (exact) mass is 280 g/mol. The third-order valence-corrected chi connectivity index (χ3v) is 2.74. The van der Waals surface area contributed by atoms with Crippen molar-refractivity contribution in [3.05, 3.63) is 35.6 Å². The highest BCUT2D eigenvalue weighted by atomic mass is 19.1. The summed E-state index contributed by atoms with van der Waals surface area (Å²) in [6.07, 6.45) is 0.369. The quantitative estimate of drug-likeness (QED) is 0.770. The first-order valence-electron chi connectivity index (χ1n) is 6.21. The normalized spacial score (nSPS) is 11.7. The number of hydrogen-bond acceptors (Lipinski definition) is 3. The predicted octanol–water partition coefficient (Wildman–Crippen LogP) is 0.707. The van der Waals surface area contributed by atoms with Crippen LogP contribution in [0.5, 0.6) is 0 Å². The molecule has 3 N–H and O–H groups in total. The van der Waals surface area contributed by atoms with Crippen molar-refractivity contribution in [1.29, 1.82) is 0 Å². The van der Waals surface area contributed by atoms with Crippen LogP contribution >= 0.6 is 0 Å². The number of Topliss-reactive ketones (excluding diaryl/α,β-unsaturated/α-hetero) is 1. The summed E-state index contributed by atoms with van der Waals surface area (Å²) in [5, 5.41) is 2.48. The first kappa shape index (κ1) is 15.8. The Kier molecular flexibility index (Phi) is 5.83. The molecule has 0 saturated heterocycles. The van der Waals surface area contributed by atoms with Gasteiger partial charge in [-0.15, -0.1) is 0 Å². The van der Waals surface area contributed by atoms with Crippen LogP contribution in [0.2, 0.25) is 0 Å². The molecule has 6 heteroatoms. The summed E-state index contributed by atoms with van der Waals surface area (Å²) in [6.45, 7) is 1.40. The van der Waals surface area contributed by atoms with Gasteiger partial charge in [0.15, 0.2) is 0 Å². The Balaban J connectivity index is 2.55. The molecule has 0 fully saturated rings. The van der Waals surface area contributed by atoms with Crippen LogP contribution in [0.3, 0.4) is 0 Å². The fourth-order valence-corrected chi connectivity index (χ4v) is 1.67. The number of hydrogen-bond donors (Lipinski definition) is 2. The minimum Gasteiger partial charge on any atom is -0.368 e. The van der Waals surface area contributed by atoms with Crippen molar-refractivity contribution in [2.24, 2.45) is 5.73 Å². The molecule has 0 radical (unpaired) electrons. The van der Waals surface area contributed by atoms with Gasteiger partial charge in [0.2, 0.25) is 11.8 Å². The molecule has 0 saturated carbocycles. The van der Waals surface area contributed by atoms with E-state index in [1.54, 1.807) is 0 Å². The molecule has 0 bridgehead atoms. The lowest BCUT2D eigenvalue weighted by atomic mass is 10.1. The lowest BCUT2D eigenvalue weighted by Crippen LogP contribution is -2.45. The molecule has 2 amide bonds. The molecule has 5 nitrogen and oxygen atoms in total. The molecule has 0 spiro atoms. The molecule has 1 rings (SSSR count). The third kappa shape index (κ3) is 5.60. The van der Waals surface area contributed by atoms with E-state index in [1.165, 1.54) is 31.2 Å². The zero-order chi connectivity index (χ0) is 15.1. The van der Waals surface area contributed by atoms with E-state index in [0.717, 1.165) is 0 Å². The Morgan fingerprint density at radius 2 is 1.85 bits per heavy atom. The molecule has 108 valence electrons. The average molecular weight is 280 g/mol. The van der Waals surface area contributed by atoms with Crippen LogP contribution in [-0.2, 0) is 20.8 Å². The van der Waals surface area contributed by atoms with Crippen LogP contribution in [-0.4, -0.2) is 23.6 Å². The SMILES string of the molecule is CC(=O)CC[C@H](NC(=O)Cc1ccc(F)cc1)C(N)=O. The van der Waals surface area contributed by atoms with Crippen molar-refractivity contribution in [2.45, 2.75) is 32.2 Å². The molecule has 0 unspecified atom stereocenters. The highest BCUT2D eigenvalue weighted by Gasteiger charge is 2.18. The van der Waals surface area contributed by atoms with E-state index in [9.17, 15) is 18.8 Å². The van der Waals surface area contributed by atoms with Gasteiger partial charge in [0.05, 0.1) is 6.42 Å².